The van der Waals surface area contributed by atoms with Gasteiger partial charge in [-0.1, -0.05) is 24.3 Å². The third kappa shape index (κ3) is 3.68. The van der Waals surface area contributed by atoms with Crippen molar-refractivity contribution in [3.63, 3.8) is 0 Å². The average molecular weight is 314 g/mol. The number of hydrogen-bond donors (Lipinski definition) is 2. The molecule has 22 heavy (non-hydrogen) atoms. The molecular weight excluding hydrogens is 296 g/mol. The predicted molar refractivity (Wildman–Crippen MR) is 89.1 cm³/mol. The van der Waals surface area contributed by atoms with E-state index in [1.165, 1.54) is 0 Å². The molecular formula is C17H18N2O2S. The molecule has 0 fully saturated rings. The van der Waals surface area contributed by atoms with Crippen molar-refractivity contribution in [2.24, 2.45) is 0 Å². The molecule has 0 spiro atoms. The Morgan fingerprint density at radius 2 is 2.14 bits per heavy atom. The molecule has 4 nitrogen and oxygen atoms in total. The SMILES string of the molecule is CC(Cc1cc2ccccc2o1)NC(=O)NCc1cccs1. The molecule has 0 saturated heterocycles. The second-order valence-corrected chi connectivity index (χ2v) is 6.29. The lowest BCUT2D eigenvalue weighted by Crippen LogP contribution is -2.41. The first-order valence-electron chi connectivity index (χ1n) is 7.25. The van der Waals surface area contributed by atoms with Crippen molar-refractivity contribution in [1.29, 1.82) is 0 Å². The molecule has 1 aromatic carbocycles. The van der Waals surface area contributed by atoms with Crippen molar-refractivity contribution in [2.75, 3.05) is 0 Å². The lowest BCUT2D eigenvalue weighted by molar-refractivity contribution is 0.237. The summed E-state index contributed by atoms with van der Waals surface area (Å²) in [6, 6.07) is 13.8. The Hall–Kier alpha value is -2.27. The molecule has 0 saturated carbocycles. The van der Waals surface area contributed by atoms with E-state index in [-0.39, 0.29) is 12.1 Å². The minimum Gasteiger partial charge on any atom is -0.461 e. The number of rotatable bonds is 5. The van der Waals surface area contributed by atoms with Crippen LogP contribution in [-0.2, 0) is 13.0 Å². The molecule has 0 radical (unpaired) electrons. The van der Waals surface area contributed by atoms with E-state index in [1.807, 2.05) is 54.8 Å². The van der Waals surface area contributed by atoms with Crippen LogP contribution in [0.5, 0.6) is 0 Å². The first kappa shape index (κ1) is 14.7. The number of hydrogen-bond acceptors (Lipinski definition) is 3. The van der Waals surface area contributed by atoms with Gasteiger partial charge < -0.3 is 15.1 Å². The summed E-state index contributed by atoms with van der Waals surface area (Å²) in [6.45, 7) is 2.53. The zero-order valence-electron chi connectivity index (χ0n) is 12.3. The third-order valence-corrected chi connectivity index (χ3v) is 4.24. The van der Waals surface area contributed by atoms with Gasteiger partial charge in [-0.2, -0.15) is 0 Å². The van der Waals surface area contributed by atoms with Gasteiger partial charge in [0.25, 0.3) is 0 Å². The Bertz CT molecular complexity index is 716. The maximum Gasteiger partial charge on any atom is 0.315 e. The lowest BCUT2D eigenvalue weighted by Gasteiger charge is -2.13. The van der Waals surface area contributed by atoms with Crippen LogP contribution in [0.25, 0.3) is 11.0 Å². The fraction of sp³-hybridized carbons (Fsp3) is 0.235. The molecule has 114 valence electrons. The molecule has 0 aliphatic heterocycles. The number of carbonyl (C=O) groups is 1. The summed E-state index contributed by atoms with van der Waals surface area (Å²) in [6.07, 6.45) is 0.668. The highest BCUT2D eigenvalue weighted by Gasteiger charge is 2.11. The molecule has 0 aliphatic rings. The van der Waals surface area contributed by atoms with Crippen LogP contribution >= 0.6 is 11.3 Å². The summed E-state index contributed by atoms with van der Waals surface area (Å²) in [7, 11) is 0. The first-order chi connectivity index (χ1) is 10.7. The van der Waals surface area contributed by atoms with Crippen LogP contribution in [-0.4, -0.2) is 12.1 Å². The highest BCUT2D eigenvalue weighted by atomic mass is 32.1. The summed E-state index contributed by atoms with van der Waals surface area (Å²) < 4.78 is 5.77. The Morgan fingerprint density at radius 1 is 1.27 bits per heavy atom. The zero-order chi connectivity index (χ0) is 15.4. The van der Waals surface area contributed by atoms with Gasteiger partial charge in [-0.15, -0.1) is 11.3 Å². The standard InChI is InChI=1S/C17H18N2O2S/c1-12(19-17(20)18-11-15-6-4-8-22-15)9-14-10-13-5-2-3-7-16(13)21-14/h2-8,10,12H,9,11H2,1H3,(H2,18,19,20). The van der Waals surface area contributed by atoms with E-state index in [2.05, 4.69) is 10.6 Å². The van der Waals surface area contributed by atoms with E-state index in [4.69, 9.17) is 4.42 Å². The largest absolute Gasteiger partial charge is 0.461 e. The maximum absolute atomic E-state index is 11.9. The van der Waals surface area contributed by atoms with Crippen LogP contribution in [0.3, 0.4) is 0 Å². The Kier molecular flexibility index (Phi) is 4.44. The van der Waals surface area contributed by atoms with E-state index in [1.54, 1.807) is 11.3 Å². The lowest BCUT2D eigenvalue weighted by atomic mass is 10.2. The number of benzene rings is 1. The summed E-state index contributed by atoms with van der Waals surface area (Å²) in [5.41, 5.74) is 0.881. The summed E-state index contributed by atoms with van der Waals surface area (Å²) >= 11 is 1.63. The monoisotopic (exact) mass is 314 g/mol. The Balaban J connectivity index is 1.51. The van der Waals surface area contributed by atoms with Crippen molar-refractivity contribution < 1.29 is 9.21 Å². The number of amides is 2. The van der Waals surface area contributed by atoms with Gasteiger partial charge in [0.2, 0.25) is 0 Å². The fourth-order valence-electron chi connectivity index (χ4n) is 2.35. The van der Waals surface area contributed by atoms with Gasteiger partial charge >= 0.3 is 6.03 Å². The second kappa shape index (κ2) is 6.66. The van der Waals surface area contributed by atoms with Crippen LogP contribution in [0.15, 0.2) is 52.3 Å². The second-order valence-electron chi connectivity index (χ2n) is 5.26. The topological polar surface area (TPSA) is 54.3 Å². The van der Waals surface area contributed by atoms with Crippen molar-refractivity contribution >= 4 is 28.3 Å². The van der Waals surface area contributed by atoms with Crippen LogP contribution in [0.4, 0.5) is 4.79 Å². The Labute approximate surface area is 133 Å². The highest BCUT2D eigenvalue weighted by molar-refractivity contribution is 7.09. The minimum atomic E-state index is -0.156. The molecule has 2 N–H and O–H groups in total. The number of nitrogens with one attached hydrogen (secondary N) is 2. The van der Waals surface area contributed by atoms with E-state index >= 15 is 0 Å². The van der Waals surface area contributed by atoms with Crippen molar-refractivity contribution in [3.8, 4) is 0 Å². The van der Waals surface area contributed by atoms with Crippen LogP contribution in [0.2, 0.25) is 0 Å². The number of urea groups is 1. The Morgan fingerprint density at radius 3 is 2.91 bits per heavy atom. The first-order valence-corrected chi connectivity index (χ1v) is 8.13. The molecule has 2 heterocycles. The molecule has 0 aliphatic carbocycles. The molecule has 1 unspecified atom stereocenters. The summed E-state index contributed by atoms with van der Waals surface area (Å²) in [5, 5.41) is 8.88. The van der Waals surface area contributed by atoms with Crippen molar-refractivity contribution in [1.82, 2.24) is 10.6 Å². The van der Waals surface area contributed by atoms with Gasteiger partial charge in [-0.05, 0) is 30.5 Å². The van der Waals surface area contributed by atoms with Crippen LogP contribution in [0, 0.1) is 0 Å². The van der Waals surface area contributed by atoms with Gasteiger partial charge in [-0.3, -0.25) is 0 Å². The summed E-state index contributed by atoms with van der Waals surface area (Å²) in [5.74, 6) is 0.882. The van der Waals surface area contributed by atoms with E-state index in [9.17, 15) is 4.79 Å². The van der Waals surface area contributed by atoms with Gasteiger partial charge in [0, 0.05) is 22.7 Å². The van der Waals surface area contributed by atoms with Gasteiger partial charge in [0.15, 0.2) is 0 Å². The molecule has 1 atom stereocenters. The number of para-hydroxylation sites is 1. The zero-order valence-corrected chi connectivity index (χ0v) is 13.2. The third-order valence-electron chi connectivity index (χ3n) is 3.36. The average Bonchev–Trinajstić information content (AvgIpc) is 3.13. The van der Waals surface area contributed by atoms with E-state index in [0.717, 1.165) is 21.6 Å². The minimum absolute atomic E-state index is 0.00361. The number of furan rings is 1. The highest BCUT2D eigenvalue weighted by Crippen LogP contribution is 2.19. The quantitative estimate of drug-likeness (QED) is 0.750. The molecule has 3 rings (SSSR count). The molecule has 3 aromatic rings. The predicted octanol–water partition coefficient (Wildman–Crippen LogP) is 3.92. The van der Waals surface area contributed by atoms with Gasteiger partial charge in [0.05, 0.1) is 6.54 Å². The number of carbonyl (C=O) groups excluding carboxylic acids is 1. The van der Waals surface area contributed by atoms with Gasteiger partial charge in [0.1, 0.15) is 11.3 Å². The van der Waals surface area contributed by atoms with Crippen LogP contribution in [0.1, 0.15) is 17.6 Å². The molecule has 0 bridgehead atoms. The van der Waals surface area contributed by atoms with E-state index < -0.39 is 0 Å². The summed E-state index contributed by atoms with van der Waals surface area (Å²) in [4.78, 5) is 13.0. The molecule has 2 amide bonds. The number of thiophene rings is 1. The van der Waals surface area contributed by atoms with Crippen molar-refractivity contribution in [2.45, 2.75) is 25.9 Å². The molecule has 2 aromatic heterocycles. The normalized spacial score (nSPS) is 12.2. The molecule has 5 heteroatoms. The fourth-order valence-corrected chi connectivity index (χ4v) is 2.99. The maximum atomic E-state index is 11.9. The van der Waals surface area contributed by atoms with Gasteiger partial charge in [-0.25, -0.2) is 4.79 Å². The smallest absolute Gasteiger partial charge is 0.315 e. The van der Waals surface area contributed by atoms with Crippen molar-refractivity contribution in [3.05, 3.63) is 58.5 Å². The number of fused-ring (bicyclic) bond motifs is 1. The van der Waals surface area contributed by atoms with E-state index in [0.29, 0.717) is 13.0 Å². The van der Waals surface area contributed by atoms with Crippen LogP contribution < -0.4 is 10.6 Å².